The van der Waals surface area contributed by atoms with Crippen molar-refractivity contribution in [2.45, 2.75) is 52.4 Å². The van der Waals surface area contributed by atoms with Gasteiger partial charge in [-0.1, -0.05) is 43.8 Å². The Labute approximate surface area is 70.7 Å². The van der Waals surface area contributed by atoms with Crippen molar-refractivity contribution < 1.29 is 0 Å². The van der Waals surface area contributed by atoms with Crippen LogP contribution in [0.25, 0.3) is 0 Å². The van der Waals surface area contributed by atoms with Crippen LogP contribution in [0.3, 0.4) is 0 Å². The van der Waals surface area contributed by atoms with Crippen LogP contribution >= 0.6 is 0 Å². The van der Waals surface area contributed by atoms with Crippen molar-refractivity contribution in [3.05, 3.63) is 11.6 Å². The largest absolute Gasteiger partial charge is 0.0887 e. The van der Waals surface area contributed by atoms with Crippen molar-refractivity contribution in [1.29, 1.82) is 0 Å². The van der Waals surface area contributed by atoms with Gasteiger partial charge in [-0.25, -0.2) is 0 Å². The van der Waals surface area contributed by atoms with Gasteiger partial charge in [-0.2, -0.15) is 0 Å². The van der Waals surface area contributed by atoms with Gasteiger partial charge in [0.2, 0.25) is 0 Å². The molecule has 0 nitrogen and oxygen atoms in total. The van der Waals surface area contributed by atoms with Crippen LogP contribution in [0.1, 0.15) is 52.4 Å². The van der Waals surface area contributed by atoms with Crippen molar-refractivity contribution in [2.24, 2.45) is 5.92 Å². The maximum atomic E-state index is 2.26. The normalized spacial score (nSPS) is 22.2. The van der Waals surface area contributed by atoms with Gasteiger partial charge in [0.25, 0.3) is 0 Å². The lowest BCUT2D eigenvalue weighted by atomic mass is 9.85. The van der Waals surface area contributed by atoms with Gasteiger partial charge in [0.05, 0.1) is 0 Å². The van der Waals surface area contributed by atoms with Crippen molar-refractivity contribution in [2.75, 3.05) is 0 Å². The molecule has 0 heteroatoms. The number of hydrogen-bond donors (Lipinski definition) is 0. The van der Waals surface area contributed by atoms with E-state index in [-0.39, 0.29) is 0 Å². The first kappa shape index (κ1) is 8.83. The van der Waals surface area contributed by atoms with Crippen LogP contribution in [0.2, 0.25) is 0 Å². The predicted molar refractivity (Wildman–Crippen MR) is 50.6 cm³/mol. The van der Waals surface area contributed by atoms with Crippen LogP contribution in [0.5, 0.6) is 0 Å². The second-order valence-electron chi connectivity index (χ2n) is 3.84. The van der Waals surface area contributed by atoms with E-state index in [1.54, 1.807) is 5.57 Å². The average molecular weight is 152 g/mol. The van der Waals surface area contributed by atoms with Gasteiger partial charge in [0.1, 0.15) is 0 Å². The fourth-order valence-electron chi connectivity index (χ4n) is 1.96. The first-order valence-electron chi connectivity index (χ1n) is 4.94. The third kappa shape index (κ3) is 3.09. The Morgan fingerprint density at radius 1 is 1.27 bits per heavy atom. The van der Waals surface area contributed by atoms with Gasteiger partial charge in [-0.05, 0) is 26.2 Å². The molecule has 0 heterocycles. The predicted octanol–water partition coefficient (Wildman–Crippen LogP) is 3.92. The molecule has 0 saturated heterocycles. The smallest absolute Gasteiger partial charge is 0.0295 e. The third-order valence-corrected chi connectivity index (χ3v) is 2.83. The number of allylic oxidation sites excluding steroid dienone is 2. The molecule has 1 rings (SSSR count). The van der Waals surface area contributed by atoms with Crippen LogP contribution in [0.4, 0.5) is 0 Å². The Kier molecular flexibility index (Phi) is 3.68. The molecule has 0 bridgehead atoms. The maximum Gasteiger partial charge on any atom is -0.0295 e. The van der Waals surface area contributed by atoms with E-state index in [4.69, 9.17) is 0 Å². The van der Waals surface area contributed by atoms with Crippen molar-refractivity contribution in [3.63, 3.8) is 0 Å². The van der Waals surface area contributed by atoms with Crippen molar-refractivity contribution >= 4 is 0 Å². The Bertz CT molecular complexity index is 127. The molecule has 1 aliphatic carbocycles. The lowest BCUT2D eigenvalue weighted by Gasteiger charge is -2.21. The van der Waals surface area contributed by atoms with Crippen LogP contribution < -0.4 is 0 Å². The first-order chi connectivity index (χ1) is 5.33. The second-order valence-corrected chi connectivity index (χ2v) is 3.84. The molecule has 0 N–H and O–H groups in total. The minimum atomic E-state index is 1.01. The van der Waals surface area contributed by atoms with E-state index < -0.39 is 0 Å². The summed E-state index contributed by atoms with van der Waals surface area (Å²) in [4.78, 5) is 0. The van der Waals surface area contributed by atoms with E-state index >= 15 is 0 Å². The van der Waals surface area contributed by atoms with E-state index in [1.807, 2.05) is 0 Å². The molecule has 0 aliphatic heterocycles. The molecular weight excluding hydrogens is 132 g/mol. The molecule has 64 valence electrons. The third-order valence-electron chi connectivity index (χ3n) is 2.83. The van der Waals surface area contributed by atoms with E-state index in [9.17, 15) is 0 Å². The Hall–Kier alpha value is -0.260. The standard InChI is InChI=1S/C11H20/c1-3-10(2)9-11-7-5-4-6-8-11/h3,11H,4-9H2,1-2H3/b10-3+. The average Bonchev–Trinajstić information content (AvgIpc) is 2.06. The maximum absolute atomic E-state index is 2.26. The van der Waals surface area contributed by atoms with E-state index in [1.165, 1.54) is 38.5 Å². The molecule has 0 spiro atoms. The molecule has 0 amide bonds. The lowest BCUT2D eigenvalue weighted by Crippen LogP contribution is -2.06. The summed E-state index contributed by atoms with van der Waals surface area (Å²) >= 11 is 0. The summed E-state index contributed by atoms with van der Waals surface area (Å²) in [6.45, 7) is 4.41. The summed E-state index contributed by atoms with van der Waals surface area (Å²) in [5.74, 6) is 1.01. The molecule has 1 saturated carbocycles. The quantitative estimate of drug-likeness (QED) is 0.526. The summed E-state index contributed by atoms with van der Waals surface area (Å²) in [7, 11) is 0. The van der Waals surface area contributed by atoms with Gasteiger partial charge in [-0.15, -0.1) is 0 Å². The zero-order valence-electron chi connectivity index (χ0n) is 7.90. The van der Waals surface area contributed by atoms with Gasteiger partial charge in [0, 0.05) is 0 Å². The van der Waals surface area contributed by atoms with Gasteiger partial charge in [0.15, 0.2) is 0 Å². The zero-order valence-corrected chi connectivity index (χ0v) is 7.90. The van der Waals surface area contributed by atoms with Gasteiger partial charge >= 0.3 is 0 Å². The molecular formula is C11H20. The molecule has 0 atom stereocenters. The minimum absolute atomic E-state index is 1.01. The first-order valence-corrected chi connectivity index (χ1v) is 4.94. The fourth-order valence-corrected chi connectivity index (χ4v) is 1.96. The molecule has 0 aromatic rings. The van der Waals surface area contributed by atoms with E-state index in [0.29, 0.717) is 0 Å². The van der Waals surface area contributed by atoms with Crippen LogP contribution in [0, 0.1) is 5.92 Å². The molecule has 0 radical (unpaired) electrons. The lowest BCUT2D eigenvalue weighted by molar-refractivity contribution is 0.356. The molecule has 1 fully saturated rings. The highest BCUT2D eigenvalue weighted by atomic mass is 14.2. The van der Waals surface area contributed by atoms with Crippen LogP contribution in [-0.4, -0.2) is 0 Å². The number of hydrogen-bond acceptors (Lipinski definition) is 0. The van der Waals surface area contributed by atoms with Gasteiger partial charge in [-0.3, -0.25) is 0 Å². The summed E-state index contributed by atoms with van der Waals surface area (Å²) in [6.07, 6.45) is 11.0. The Morgan fingerprint density at radius 3 is 2.45 bits per heavy atom. The van der Waals surface area contributed by atoms with Crippen LogP contribution in [-0.2, 0) is 0 Å². The molecule has 11 heavy (non-hydrogen) atoms. The highest BCUT2D eigenvalue weighted by Gasteiger charge is 2.12. The Balaban J connectivity index is 2.24. The van der Waals surface area contributed by atoms with Crippen molar-refractivity contribution in [1.82, 2.24) is 0 Å². The molecule has 0 aromatic carbocycles. The zero-order chi connectivity index (χ0) is 8.10. The van der Waals surface area contributed by atoms with E-state index in [2.05, 4.69) is 19.9 Å². The monoisotopic (exact) mass is 152 g/mol. The van der Waals surface area contributed by atoms with E-state index in [0.717, 1.165) is 5.92 Å². The second kappa shape index (κ2) is 4.58. The topological polar surface area (TPSA) is 0 Å². The summed E-state index contributed by atoms with van der Waals surface area (Å²) in [5.41, 5.74) is 1.58. The minimum Gasteiger partial charge on any atom is -0.0887 e. The highest BCUT2D eigenvalue weighted by molar-refractivity contribution is 4.97. The number of rotatable bonds is 2. The highest BCUT2D eigenvalue weighted by Crippen LogP contribution is 2.28. The fraction of sp³-hybridized carbons (Fsp3) is 0.818. The van der Waals surface area contributed by atoms with Crippen molar-refractivity contribution in [3.8, 4) is 0 Å². The van der Waals surface area contributed by atoms with Crippen LogP contribution in [0.15, 0.2) is 11.6 Å². The summed E-state index contributed by atoms with van der Waals surface area (Å²) in [5, 5.41) is 0. The summed E-state index contributed by atoms with van der Waals surface area (Å²) < 4.78 is 0. The Morgan fingerprint density at radius 2 is 1.91 bits per heavy atom. The molecule has 0 aromatic heterocycles. The van der Waals surface area contributed by atoms with Gasteiger partial charge < -0.3 is 0 Å². The SMILES string of the molecule is C/C=C(\C)CC1CCCCC1. The molecule has 1 aliphatic rings. The molecule has 0 unspecified atom stereocenters. The summed E-state index contributed by atoms with van der Waals surface area (Å²) in [6, 6.07) is 0.